The zero-order chi connectivity index (χ0) is 20.2. The molecule has 0 heterocycles. The Balaban J connectivity index is 2.39. The van der Waals surface area contributed by atoms with Crippen molar-refractivity contribution in [2.24, 2.45) is 0 Å². The summed E-state index contributed by atoms with van der Waals surface area (Å²) in [5.74, 6) is -0.738. The number of benzene rings is 1. The monoisotopic (exact) mass is 378 g/mol. The maximum Gasteiger partial charge on any atom is 0.344 e. The summed E-state index contributed by atoms with van der Waals surface area (Å²) in [5.41, 5.74) is 0.933. The predicted molar refractivity (Wildman–Crippen MR) is 100 cm³/mol. The van der Waals surface area contributed by atoms with E-state index in [0.29, 0.717) is 11.5 Å². The lowest BCUT2D eigenvalue weighted by atomic mass is 10.2. The van der Waals surface area contributed by atoms with Crippen molar-refractivity contribution >= 4 is 23.9 Å². The van der Waals surface area contributed by atoms with Gasteiger partial charge in [0.1, 0.15) is 0 Å². The molecule has 27 heavy (non-hydrogen) atoms. The molecule has 0 radical (unpaired) electrons. The van der Waals surface area contributed by atoms with Gasteiger partial charge in [-0.25, -0.2) is 4.79 Å². The number of hydrogen-bond donors (Lipinski definition) is 2. The molecule has 2 N–H and O–H groups in total. The minimum absolute atomic E-state index is 0.0200. The van der Waals surface area contributed by atoms with Gasteiger partial charge < -0.3 is 24.8 Å². The lowest BCUT2D eigenvalue weighted by Gasteiger charge is -2.11. The molecule has 0 aliphatic carbocycles. The number of rotatable bonds is 10. The fourth-order valence-electron chi connectivity index (χ4n) is 2.03. The number of amides is 2. The number of methoxy groups -OCH3 is 1. The van der Waals surface area contributed by atoms with Crippen LogP contribution in [0.4, 0.5) is 0 Å². The second-order valence-corrected chi connectivity index (χ2v) is 5.86. The first-order valence-electron chi connectivity index (χ1n) is 8.51. The molecule has 0 spiro atoms. The maximum absolute atomic E-state index is 11.7. The van der Waals surface area contributed by atoms with E-state index >= 15 is 0 Å². The van der Waals surface area contributed by atoms with Crippen molar-refractivity contribution in [2.45, 2.75) is 26.8 Å². The molecule has 0 unspecified atom stereocenters. The van der Waals surface area contributed by atoms with E-state index in [4.69, 9.17) is 14.2 Å². The summed E-state index contributed by atoms with van der Waals surface area (Å²) < 4.78 is 15.4. The van der Waals surface area contributed by atoms with Crippen molar-refractivity contribution in [3.8, 4) is 11.5 Å². The zero-order valence-electron chi connectivity index (χ0n) is 16.0. The van der Waals surface area contributed by atoms with Crippen LogP contribution in [0.1, 0.15) is 26.3 Å². The molecular formula is C19H26N2O6. The van der Waals surface area contributed by atoms with Crippen molar-refractivity contribution in [1.29, 1.82) is 0 Å². The SMILES string of the molecule is C/C=C/c1ccc(OCC(=O)OCC(=O)NCC(=O)NC(C)C)c(OC)c1. The van der Waals surface area contributed by atoms with Crippen LogP contribution in [-0.2, 0) is 19.1 Å². The van der Waals surface area contributed by atoms with Crippen molar-refractivity contribution in [3.63, 3.8) is 0 Å². The highest BCUT2D eigenvalue weighted by atomic mass is 16.6. The highest BCUT2D eigenvalue weighted by molar-refractivity contribution is 5.86. The van der Waals surface area contributed by atoms with Gasteiger partial charge in [-0.1, -0.05) is 18.2 Å². The van der Waals surface area contributed by atoms with E-state index in [1.807, 2.05) is 39.0 Å². The van der Waals surface area contributed by atoms with Crippen molar-refractivity contribution < 1.29 is 28.6 Å². The van der Waals surface area contributed by atoms with Crippen molar-refractivity contribution in [3.05, 3.63) is 29.8 Å². The Hall–Kier alpha value is -3.03. The number of allylic oxidation sites excluding steroid dienone is 1. The molecule has 0 bridgehead atoms. The van der Waals surface area contributed by atoms with Crippen LogP contribution in [0.25, 0.3) is 6.08 Å². The topological polar surface area (TPSA) is 103 Å². The highest BCUT2D eigenvalue weighted by Crippen LogP contribution is 2.28. The molecule has 2 amide bonds. The number of esters is 1. The van der Waals surface area contributed by atoms with Gasteiger partial charge in [0.05, 0.1) is 13.7 Å². The summed E-state index contributed by atoms with van der Waals surface area (Å²) in [6.07, 6.45) is 3.80. The molecule has 1 aromatic carbocycles. The van der Waals surface area contributed by atoms with Gasteiger partial charge in [-0.3, -0.25) is 9.59 Å². The zero-order valence-corrected chi connectivity index (χ0v) is 16.0. The molecule has 8 nitrogen and oxygen atoms in total. The largest absolute Gasteiger partial charge is 0.493 e. The van der Waals surface area contributed by atoms with Crippen molar-refractivity contribution in [1.82, 2.24) is 10.6 Å². The van der Waals surface area contributed by atoms with Crippen LogP contribution < -0.4 is 20.1 Å². The van der Waals surface area contributed by atoms with E-state index in [-0.39, 0.29) is 25.1 Å². The summed E-state index contributed by atoms with van der Waals surface area (Å²) in [7, 11) is 1.50. The molecule has 1 aromatic rings. The summed E-state index contributed by atoms with van der Waals surface area (Å²) in [4.78, 5) is 34.7. The second-order valence-electron chi connectivity index (χ2n) is 5.86. The Morgan fingerprint density at radius 2 is 1.85 bits per heavy atom. The van der Waals surface area contributed by atoms with Gasteiger partial charge in [0, 0.05) is 6.04 Å². The van der Waals surface area contributed by atoms with Crippen LogP contribution >= 0.6 is 0 Å². The highest BCUT2D eigenvalue weighted by Gasteiger charge is 2.12. The first-order chi connectivity index (χ1) is 12.8. The van der Waals surface area contributed by atoms with Gasteiger partial charge in [0.25, 0.3) is 5.91 Å². The Kier molecular flexibility index (Phi) is 9.42. The first kappa shape index (κ1) is 22.0. The summed E-state index contributed by atoms with van der Waals surface area (Å²) in [6, 6.07) is 5.25. The van der Waals surface area contributed by atoms with Gasteiger partial charge in [-0.2, -0.15) is 0 Å². The Morgan fingerprint density at radius 3 is 2.48 bits per heavy atom. The fourth-order valence-corrected chi connectivity index (χ4v) is 2.03. The molecular weight excluding hydrogens is 352 g/mol. The normalized spacial score (nSPS) is 10.6. The third-order valence-corrected chi connectivity index (χ3v) is 3.15. The molecule has 8 heteroatoms. The molecule has 0 aromatic heterocycles. The standard InChI is InChI=1S/C19H26N2O6/c1-5-6-14-7-8-15(16(9-14)25-4)26-12-19(24)27-11-18(23)20-10-17(22)21-13(2)3/h5-9,13H,10-12H2,1-4H3,(H,20,23)(H,21,22)/b6-5+. The summed E-state index contributed by atoms with van der Waals surface area (Å²) in [6.45, 7) is 4.48. The van der Waals surface area contributed by atoms with E-state index < -0.39 is 18.5 Å². The molecule has 0 saturated heterocycles. The van der Waals surface area contributed by atoms with Crippen LogP contribution in [0, 0.1) is 0 Å². The summed E-state index contributed by atoms with van der Waals surface area (Å²) >= 11 is 0. The molecule has 0 aliphatic rings. The Morgan fingerprint density at radius 1 is 1.11 bits per heavy atom. The average Bonchev–Trinajstić information content (AvgIpc) is 2.63. The van der Waals surface area contributed by atoms with E-state index in [2.05, 4.69) is 10.6 Å². The van der Waals surface area contributed by atoms with E-state index in [0.717, 1.165) is 5.56 Å². The average molecular weight is 378 g/mol. The van der Waals surface area contributed by atoms with Crippen LogP contribution in [0.5, 0.6) is 11.5 Å². The number of carbonyl (C=O) groups excluding carboxylic acids is 3. The van der Waals surface area contributed by atoms with Gasteiger partial charge in [0.2, 0.25) is 5.91 Å². The number of nitrogens with one attached hydrogen (secondary N) is 2. The van der Waals surface area contributed by atoms with Crippen LogP contribution in [0.2, 0.25) is 0 Å². The van der Waals surface area contributed by atoms with Crippen molar-refractivity contribution in [2.75, 3.05) is 26.9 Å². The number of ether oxygens (including phenoxy) is 3. The van der Waals surface area contributed by atoms with E-state index in [1.54, 1.807) is 12.1 Å². The predicted octanol–water partition coefficient (Wildman–Crippen LogP) is 1.29. The summed E-state index contributed by atoms with van der Waals surface area (Å²) in [5, 5.41) is 4.98. The van der Waals surface area contributed by atoms with E-state index in [9.17, 15) is 14.4 Å². The molecule has 0 fully saturated rings. The fraction of sp³-hybridized carbons (Fsp3) is 0.421. The quantitative estimate of drug-likeness (QED) is 0.595. The van der Waals surface area contributed by atoms with Gasteiger partial charge >= 0.3 is 5.97 Å². The maximum atomic E-state index is 11.7. The molecule has 0 aliphatic heterocycles. The van der Waals surface area contributed by atoms with Gasteiger partial charge in [0.15, 0.2) is 24.7 Å². The molecule has 148 valence electrons. The smallest absolute Gasteiger partial charge is 0.344 e. The Bertz CT molecular complexity index is 685. The van der Waals surface area contributed by atoms with Gasteiger partial charge in [-0.15, -0.1) is 0 Å². The third kappa shape index (κ3) is 8.75. The Labute approximate surface area is 158 Å². The number of hydrogen-bond acceptors (Lipinski definition) is 6. The van der Waals surface area contributed by atoms with E-state index in [1.165, 1.54) is 7.11 Å². The first-order valence-corrected chi connectivity index (χ1v) is 8.51. The van der Waals surface area contributed by atoms with Crippen LogP contribution in [-0.4, -0.2) is 50.7 Å². The lowest BCUT2D eigenvalue weighted by molar-refractivity contribution is -0.150. The second kappa shape index (κ2) is 11.6. The molecule has 1 rings (SSSR count). The molecule has 0 saturated carbocycles. The molecule has 0 atom stereocenters. The lowest BCUT2D eigenvalue weighted by Crippen LogP contribution is -2.41. The third-order valence-electron chi connectivity index (χ3n) is 3.15. The van der Waals surface area contributed by atoms with Gasteiger partial charge in [-0.05, 0) is 38.5 Å². The number of carbonyl (C=O) groups is 3. The van der Waals surface area contributed by atoms with Crippen LogP contribution in [0.3, 0.4) is 0 Å². The van der Waals surface area contributed by atoms with Crippen LogP contribution in [0.15, 0.2) is 24.3 Å². The minimum Gasteiger partial charge on any atom is -0.493 e. The minimum atomic E-state index is -0.712.